The molecular formula is C20H23BrN4OS. The molecule has 4 rings (SSSR count). The number of methoxy groups -OCH3 is 1. The third-order valence-corrected chi connectivity index (χ3v) is 6.53. The van der Waals surface area contributed by atoms with Crippen molar-refractivity contribution >= 4 is 38.7 Å². The molecule has 142 valence electrons. The average Bonchev–Trinajstić information content (AvgIpc) is 3.09. The molecule has 1 aromatic carbocycles. The van der Waals surface area contributed by atoms with Crippen molar-refractivity contribution in [2.24, 2.45) is 0 Å². The first-order valence-electron chi connectivity index (χ1n) is 9.20. The number of aromatic nitrogens is 3. The second kappa shape index (κ2) is 8.20. The first-order valence-corrected chi connectivity index (χ1v) is 10.9. The molecule has 1 unspecified atom stereocenters. The number of imidazole rings is 1. The Balaban J connectivity index is 1.68. The first kappa shape index (κ1) is 18.8. The molecule has 1 aliphatic heterocycles. The number of piperidine rings is 1. The third-order valence-electron chi connectivity index (χ3n) is 4.93. The van der Waals surface area contributed by atoms with Crippen molar-refractivity contribution in [3.8, 4) is 5.75 Å². The number of H-pyrrole nitrogens is 1. The number of nitrogens with one attached hydrogen (secondary N) is 1. The van der Waals surface area contributed by atoms with Gasteiger partial charge in [0.15, 0.2) is 5.16 Å². The SMILES string of the molecule is COc1ccc2nc(SC(c3ncc(Br)cc3C)N3CCCCC3)[nH]c2c1. The zero-order chi connectivity index (χ0) is 18.8. The molecule has 0 bridgehead atoms. The molecule has 2 aromatic heterocycles. The zero-order valence-corrected chi connectivity index (χ0v) is 17.9. The zero-order valence-electron chi connectivity index (χ0n) is 15.5. The minimum absolute atomic E-state index is 0.154. The molecule has 7 heteroatoms. The van der Waals surface area contributed by atoms with Crippen LogP contribution in [0.2, 0.25) is 0 Å². The van der Waals surface area contributed by atoms with E-state index < -0.39 is 0 Å². The van der Waals surface area contributed by atoms with Crippen molar-refractivity contribution < 1.29 is 4.74 Å². The van der Waals surface area contributed by atoms with Crippen LogP contribution in [0.15, 0.2) is 40.1 Å². The van der Waals surface area contributed by atoms with Crippen LogP contribution in [-0.2, 0) is 0 Å². The Labute approximate surface area is 172 Å². The fourth-order valence-corrected chi connectivity index (χ4v) is 5.22. The lowest BCUT2D eigenvalue weighted by Gasteiger charge is -2.33. The number of ether oxygens (including phenoxy) is 1. The Hall–Kier alpha value is -1.57. The number of aryl methyl sites for hydroxylation is 1. The molecule has 1 atom stereocenters. The van der Waals surface area contributed by atoms with Gasteiger partial charge in [0.1, 0.15) is 11.1 Å². The fourth-order valence-electron chi connectivity index (χ4n) is 3.52. The van der Waals surface area contributed by atoms with Gasteiger partial charge in [0, 0.05) is 16.7 Å². The van der Waals surface area contributed by atoms with Crippen LogP contribution in [0.25, 0.3) is 11.0 Å². The quantitative estimate of drug-likeness (QED) is 0.537. The number of halogens is 1. The van der Waals surface area contributed by atoms with Crippen molar-refractivity contribution in [1.82, 2.24) is 19.9 Å². The van der Waals surface area contributed by atoms with Crippen molar-refractivity contribution in [2.45, 2.75) is 36.7 Å². The number of nitrogens with zero attached hydrogens (tertiary/aromatic N) is 3. The lowest BCUT2D eigenvalue weighted by molar-refractivity contribution is 0.211. The Morgan fingerprint density at radius 3 is 2.78 bits per heavy atom. The maximum atomic E-state index is 5.33. The van der Waals surface area contributed by atoms with Gasteiger partial charge in [-0.05, 0) is 72.5 Å². The van der Waals surface area contributed by atoms with Crippen LogP contribution in [0.5, 0.6) is 5.75 Å². The van der Waals surface area contributed by atoms with Gasteiger partial charge in [0.2, 0.25) is 0 Å². The lowest BCUT2D eigenvalue weighted by Crippen LogP contribution is -2.33. The summed E-state index contributed by atoms with van der Waals surface area (Å²) in [6.45, 7) is 4.33. The van der Waals surface area contributed by atoms with Crippen molar-refractivity contribution in [3.05, 3.63) is 46.2 Å². The normalized spacial score (nSPS) is 16.6. The predicted molar refractivity (Wildman–Crippen MR) is 113 cm³/mol. The van der Waals surface area contributed by atoms with E-state index in [-0.39, 0.29) is 5.37 Å². The van der Waals surface area contributed by atoms with E-state index in [0.29, 0.717) is 0 Å². The molecule has 1 aliphatic rings. The van der Waals surface area contributed by atoms with Crippen LogP contribution in [0.4, 0.5) is 0 Å². The number of likely N-dealkylation sites (tertiary alicyclic amines) is 1. The topological polar surface area (TPSA) is 54.0 Å². The molecule has 5 nitrogen and oxygen atoms in total. The molecule has 0 aliphatic carbocycles. The minimum atomic E-state index is 0.154. The highest BCUT2D eigenvalue weighted by atomic mass is 79.9. The number of pyridine rings is 1. The molecule has 0 saturated carbocycles. The first-order chi connectivity index (χ1) is 13.1. The van der Waals surface area contributed by atoms with Crippen LogP contribution in [-0.4, -0.2) is 40.1 Å². The highest BCUT2D eigenvalue weighted by Gasteiger charge is 2.27. The number of rotatable bonds is 5. The van der Waals surface area contributed by atoms with Gasteiger partial charge < -0.3 is 9.72 Å². The van der Waals surface area contributed by atoms with E-state index >= 15 is 0 Å². The van der Waals surface area contributed by atoms with Crippen molar-refractivity contribution in [3.63, 3.8) is 0 Å². The molecule has 1 fully saturated rings. The fraction of sp³-hybridized carbons (Fsp3) is 0.400. The van der Waals surface area contributed by atoms with Crippen LogP contribution in [0.3, 0.4) is 0 Å². The number of hydrogen-bond donors (Lipinski definition) is 1. The molecular weight excluding hydrogens is 424 g/mol. The van der Waals surface area contributed by atoms with Gasteiger partial charge in [0.25, 0.3) is 0 Å². The standard InChI is InChI=1S/C20H23BrN4OS/c1-13-10-14(21)12-22-18(13)19(25-8-4-3-5-9-25)27-20-23-16-7-6-15(26-2)11-17(16)24-20/h6-7,10-12,19H,3-5,8-9H2,1-2H3,(H,23,24). The molecule has 0 amide bonds. The summed E-state index contributed by atoms with van der Waals surface area (Å²) >= 11 is 5.28. The summed E-state index contributed by atoms with van der Waals surface area (Å²) in [5.41, 5.74) is 4.26. The van der Waals surface area contributed by atoms with Crippen LogP contribution in [0, 0.1) is 6.92 Å². The van der Waals surface area contributed by atoms with E-state index in [1.54, 1.807) is 18.9 Å². The number of fused-ring (bicyclic) bond motifs is 1. The van der Waals surface area contributed by atoms with Gasteiger partial charge in [-0.2, -0.15) is 0 Å². The number of aromatic amines is 1. The van der Waals surface area contributed by atoms with Gasteiger partial charge in [-0.1, -0.05) is 18.2 Å². The Kier molecular flexibility index (Phi) is 5.71. The van der Waals surface area contributed by atoms with E-state index in [0.717, 1.165) is 45.2 Å². The molecule has 27 heavy (non-hydrogen) atoms. The van der Waals surface area contributed by atoms with Crippen LogP contribution in [0.1, 0.15) is 35.9 Å². The number of hydrogen-bond acceptors (Lipinski definition) is 5. The monoisotopic (exact) mass is 446 g/mol. The van der Waals surface area contributed by atoms with E-state index in [2.05, 4.69) is 38.8 Å². The summed E-state index contributed by atoms with van der Waals surface area (Å²) in [5, 5.41) is 1.07. The summed E-state index contributed by atoms with van der Waals surface area (Å²) in [5.74, 6) is 0.834. The minimum Gasteiger partial charge on any atom is -0.497 e. The molecule has 1 saturated heterocycles. The highest BCUT2D eigenvalue weighted by Crippen LogP contribution is 2.39. The Morgan fingerprint density at radius 2 is 2.04 bits per heavy atom. The average molecular weight is 447 g/mol. The van der Waals surface area contributed by atoms with Gasteiger partial charge in [-0.25, -0.2) is 4.98 Å². The largest absolute Gasteiger partial charge is 0.497 e. The predicted octanol–water partition coefficient (Wildman–Crippen LogP) is 5.31. The summed E-state index contributed by atoms with van der Waals surface area (Å²) in [7, 11) is 1.68. The molecule has 0 spiro atoms. The lowest BCUT2D eigenvalue weighted by atomic mass is 10.1. The summed E-state index contributed by atoms with van der Waals surface area (Å²) < 4.78 is 6.34. The smallest absolute Gasteiger partial charge is 0.168 e. The van der Waals surface area contributed by atoms with E-state index in [1.807, 2.05) is 24.4 Å². The van der Waals surface area contributed by atoms with E-state index in [9.17, 15) is 0 Å². The number of thioether (sulfide) groups is 1. The van der Waals surface area contributed by atoms with Crippen molar-refractivity contribution in [2.75, 3.05) is 20.2 Å². The third kappa shape index (κ3) is 4.15. The second-order valence-corrected chi connectivity index (χ2v) is 8.83. The molecule has 1 N–H and O–H groups in total. The van der Waals surface area contributed by atoms with Gasteiger partial charge in [0.05, 0.1) is 23.8 Å². The molecule has 0 radical (unpaired) electrons. The second-order valence-electron chi connectivity index (χ2n) is 6.85. The van der Waals surface area contributed by atoms with Crippen LogP contribution >= 0.6 is 27.7 Å². The van der Waals surface area contributed by atoms with Crippen molar-refractivity contribution in [1.29, 1.82) is 0 Å². The van der Waals surface area contributed by atoms with Gasteiger partial charge in [-0.3, -0.25) is 9.88 Å². The van der Waals surface area contributed by atoms with E-state index in [4.69, 9.17) is 14.7 Å². The maximum Gasteiger partial charge on any atom is 0.168 e. The summed E-state index contributed by atoms with van der Waals surface area (Å²) in [6.07, 6.45) is 5.68. The summed E-state index contributed by atoms with van der Waals surface area (Å²) in [6, 6.07) is 8.07. The molecule has 3 heterocycles. The van der Waals surface area contributed by atoms with Gasteiger partial charge in [-0.15, -0.1) is 0 Å². The molecule has 3 aromatic rings. The summed E-state index contributed by atoms with van der Waals surface area (Å²) in [4.78, 5) is 15.5. The maximum absolute atomic E-state index is 5.33. The van der Waals surface area contributed by atoms with Gasteiger partial charge >= 0.3 is 0 Å². The van der Waals surface area contributed by atoms with E-state index in [1.165, 1.54) is 24.8 Å². The Morgan fingerprint density at radius 1 is 1.22 bits per heavy atom. The Bertz CT molecular complexity index is 939. The number of benzene rings is 1. The highest BCUT2D eigenvalue weighted by molar-refractivity contribution is 9.10. The van der Waals surface area contributed by atoms with Crippen LogP contribution < -0.4 is 4.74 Å².